The van der Waals surface area contributed by atoms with Gasteiger partial charge in [-0.3, -0.25) is 9.36 Å². The quantitative estimate of drug-likeness (QED) is 0.308. The van der Waals surface area contributed by atoms with E-state index >= 15 is 0 Å². The number of rotatable bonds is 5. The maximum atomic E-state index is 14.8. The fourth-order valence-corrected chi connectivity index (χ4v) is 3.60. The van der Waals surface area contributed by atoms with Gasteiger partial charge in [0.25, 0.3) is 5.91 Å². The smallest absolute Gasteiger partial charge is 0.335 e. The molecule has 4 rings (SSSR count). The number of carbonyl (C=O) groups excluding carboxylic acids is 1. The molecule has 1 aromatic heterocycles. The Balaban J connectivity index is 1.73. The molecule has 0 saturated heterocycles. The Morgan fingerprint density at radius 1 is 0.970 bits per heavy atom. The van der Waals surface area contributed by atoms with Crippen LogP contribution in [0.15, 0.2) is 71.8 Å². The lowest BCUT2D eigenvalue weighted by Crippen LogP contribution is -2.19. The first-order valence-corrected chi connectivity index (χ1v) is 10.0. The lowest BCUT2D eigenvalue weighted by molar-refractivity contribution is 0.0696. The van der Waals surface area contributed by atoms with Gasteiger partial charge in [-0.15, -0.1) is 0 Å². The Bertz CT molecular complexity index is 1400. The second-order valence-electron chi connectivity index (χ2n) is 7.52. The van der Waals surface area contributed by atoms with Crippen LogP contribution in [0.25, 0.3) is 16.6 Å². The SMILES string of the molecule is CC(=NNC(=O)c1ccc(C(=O)O)cc1)c1c(O)n(-c2ccc(C)cc2)c2cccc(F)c12. The van der Waals surface area contributed by atoms with Gasteiger partial charge < -0.3 is 10.2 Å². The van der Waals surface area contributed by atoms with Gasteiger partial charge in [-0.1, -0.05) is 23.8 Å². The average molecular weight is 445 g/mol. The Hall–Kier alpha value is -4.46. The molecule has 0 saturated carbocycles. The van der Waals surface area contributed by atoms with E-state index in [-0.39, 0.29) is 33.7 Å². The van der Waals surface area contributed by atoms with Crippen molar-refractivity contribution in [2.24, 2.45) is 5.10 Å². The largest absolute Gasteiger partial charge is 0.494 e. The highest BCUT2D eigenvalue weighted by atomic mass is 19.1. The molecule has 3 aromatic carbocycles. The third-order valence-corrected chi connectivity index (χ3v) is 5.29. The van der Waals surface area contributed by atoms with Gasteiger partial charge in [0, 0.05) is 16.6 Å². The Kier molecular flexibility index (Phi) is 5.66. The second kappa shape index (κ2) is 8.58. The maximum absolute atomic E-state index is 14.8. The van der Waals surface area contributed by atoms with Crippen LogP contribution in [0.3, 0.4) is 0 Å². The van der Waals surface area contributed by atoms with Crippen molar-refractivity contribution >= 4 is 28.5 Å². The van der Waals surface area contributed by atoms with Gasteiger partial charge in [-0.05, 0) is 62.4 Å². The second-order valence-corrected chi connectivity index (χ2v) is 7.52. The van der Waals surface area contributed by atoms with Crippen LogP contribution in [0.1, 0.15) is 38.8 Å². The number of nitrogens with zero attached hydrogens (tertiary/aromatic N) is 2. The number of carbonyl (C=O) groups is 2. The number of hydrogen-bond acceptors (Lipinski definition) is 4. The molecular formula is C25H20FN3O4. The average Bonchev–Trinajstić information content (AvgIpc) is 3.11. The topological polar surface area (TPSA) is 104 Å². The summed E-state index contributed by atoms with van der Waals surface area (Å²) in [5.74, 6) is -2.42. The molecule has 0 aliphatic carbocycles. The van der Waals surface area contributed by atoms with Crippen LogP contribution in [0.2, 0.25) is 0 Å². The summed E-state index contributed by atoms with van der Waals surface area (Å²) in [6.45, 7) is 3.49. The summed E-state index contributed by atoms with van der Waals surface area (Å²) < 4.78 is 16.4. The van der Waals surface area contributed by atoms with Gasteiger partial charge in [-0.25, -0.2) is 14.6 Å². The van der Waals surface area contributed by atoms with E-state index in [1.165, 1.54) is 34.9 Å². The molecule has 3 N–H and O–H groups in total. The third-order valence-electron chi connectivity index (χ3n) is 5.29. The van der Waals surface area contributed by atoms with Crippen LogP contribution in [-0.2, 0) is 0 Å². The van der Waals surface area contributed by atoms with Gasteiger partial charge in [0.05, 0.1) is 22.4 Å². The van der Waals surface area contributed by atoms with Crippen molar-refractivity contribution in [1.29, 1.82) is 0 Å². The van der Waals surface area contributed by atoms with Crippen LogP contribution in [-0.4, -0.2) is 32.4 Å². The van der Waals surface area contributed by atoms with Crippen LogP contribution in [0, 0.1) is 12.7 Å². The predicted octanol–water partition coefficient (Wildman–Crippen LogP) is 4.64. The number of hydrogen-bond donors (Lipinski definition) is 3. The fourth-order valence-electron chi connectivity index (χ4n) is 3.60. The van der Waals surface area contributed by atoms with Crippen molar-refractivity contribution in [3.63, 3.8) is 0 Å². The van der Waals surface area contributed by atoms with Crippen LogP contribution in [0.5, 0.6) is 5.88 Å². The van der Waals surface area contributed by atoms with Gasteiger partial charge in [0.2, 0.25) is 5.88 Å². The maximum Gasteiger partial charge on any atom is 0.335 e. The van der Waals surface area contributed by atoms with E-state index in [0.717, 1.165) is 5.56 Å². The van der Waals surface area contributed by atoms with Gasteiger partial charge in [-0.2, -0.15) is 5.10 Å². The number of carboxylic acids is 1. The number of nitrogens with one attached hydrogen (secondary N) is 1. The predicted molar refractivity (Wildman–Crippen MR) is 123 cm³/mol. The molecule has 0 aliphatic heterocycles. The molecule has 1 amide bonds. The number of aromatic nitrogens is 1. The first kappa shape index (κ1) is 21.8. The van der Waals surface area contributed by atoms with Crippen molar-refractivity contribution in [1.82, 2.24) is 9.99 Å². The molecular weight excluding hydrogens is 425 g/mol. The fraction of sp³-hybridized carbons (Fsp3) is 0.0800. The first-order chi connectivity index (χ1) is 15.8. The Morgan fingerprint density at radius 2 is 1.61 bits per heavy atom. The molecule has 33 heavy (non-hydrogen) atoms. The minimum absolute atomic E-state index is 0.0514. The molecule has 8 heteroatoms. The van der Waals surface area contributed by atoms with Gasteiger partial charge in [0.1, 0.15) is 5.82 Å². The zero-order valence-corrected chi connectivity index (χ0v) is 17.8. The van der Waals surface area contributed by atoms with Gasteiger partial charge >= 0.3 is 5.97 Å². The summed E-state index contributed by atoms with van der Waals surface area (Å²) >= 11 is 0. The normalized spacial score (nSPS) is 11.5. The number of amides is 1. The van der Waals surface area contributed by atoms with E-state index in [1.807, 2.05) is 31.2 Å². The van der Waals surface area contributed by atoms with Crippen LogP contribution >= 0.6 is 0 Å². The number of hydrazone groups is 1. The molecule has 0 unspecified atom stereocenters. The van der Waals surface area contributed by atoms with E-state index in [9.17, 15) is 19.1 Å². The molecule has 0 radical (unpaired) electrons. The number of fused-ring (bicyclic) bond motifs is 1. The van der Waals surface area contributed by atoms with Crippen LogP contribution < -0.4 is 5.43 Å². The zero-order valence-electron chi connectivity index (χ0n) is 17.8. The summed E-state index contributed by atoms with van der Waals surface area (Å²) in [7, 11) is 0. The minimum atomic E-state index is -1.10. The number of aromatic carboxylic acids is 1. The summed E-state index contributed by atoms with van der Waals surface area (Å²) in [4.78, 5) is 23.4. The molecule has 166 valence electrons. The van der Waals surface area contributed by atoms with Crippen LogP contribution in [0.4, 0.5) is 4.39 Å². The number of carboxylic acid groups (broad SMARTS) is 1. The van der Waals surface area contributed by atoms with Crippen molar-refractivity contribution in [3.8, 4) is 11.6 Å². The molecule has 0 bridgehead atoms. The van der Waals surface area contributed by atoms with Crippen molar-refractivity contribution in [2.45, 2.75) is 13.8 Å². The van der Waals surface area contributed by atoms with E-state index in [1.54, 1.807) is 19.1 Å². The van der Waals surface area contributed by atoms with Crippen molar-refractivity contribution in [3.05, 3.63) is 94.8 Å². The summed E-state index contributed by atoms with van der Waals surface area (Å²) in [6.07, 6.45) is 0. The highest BCUT2D eigenvalue weighted by Crippen LogP contribution is 2.36. The minimum Gasteiger partial charge on any atom is -0.494 e. The monoisotopic (exact) mass is 445 g/mol. The van der Waals surface area contributed by atoms with E-state index in [4.69, 9.17) is 5.11 Å². The highest BCUT2D eigenvalue weighted by molar-refractivity contribution is 6.13. The highest BCUT2D eigenvalue weighted by Gasteiger charge is 2.23. The first-order valence-electron chi connectivity index (χ1n) is 10.0. The molecule has 1 heterocycles. The standard InChI is InChI=1S/C25H20FN3O4/c1-14-6-12-18(13-7-14)29-20-5-3-4-19(26)22(20)21(24(29)31)15(2)27-28-23(30)16-8-10-17(11-9-16)25(32)33/h3-13,31H,1-2H3,(H,28,30)(H,32,33). The lowest BCUT2D eigenvalue weighted by atomic mass is 10.1. The van der Waals surface area contributed by atoms with Gasteiger partial charge in [0.15, 0.2) is 0 Å². The summed E-state index contributed by atoms with van der Waals surface area (Å²) in [5.41, 5.74) is 5.13. The third kappa shape index (κ3) is 4.06. The summed E-state index contributed by atoms with van der Waals surface area (Å²) in [6, 6.07) is 17.3. The molecule has 0 aliphatic rings. The van der Waals surface area contributed by atoms with E-state index < -0.39 is 17.7 Å². The molecule has 0 fully saturated rings. The molecule has 4 aromatic rings. The summed E-state index contributed by atoms with van der Waals surface area (Å²) in [5, 5.41) is 24.3. The lowest BCUT2D eigenvalue weighted by Gasteiger charge is -2.08. The molecule has 0 atom stereocenters. The number of halogens is 1. The zero-order chi connectivity index (χ0) is 23.7. The van der Waals surface area contributed by atoms with Crippen molar-refractivity contribution in [2.75, 3.05) is 0 Å². The Morgan fingerprint density at radius 3 is 2.24 bits per heavy atom. The number of aromatic hydroxyl groups is 1. The number of aryl methyl sites for hydroxylation is 1. The van der Waals surface area contributed by atoms with E-state index in [0.29, 0.717) is 11.2 Å². The van der Waals surface area contributed by atoms with Crippen molar-refractivity contribution < 1.29 is 24.2 Å². The molecule has 7 nitrogen and oxygen atoms in total. The van der Waals surface area contributed by atoms with E-state index in [2.05, 4.69) is 10.5 Å². The molecule has 0 spiro atoms. The Labute approximate surface area is 188 Å². The number of benzene rings is 3.